The largest absolute Gasteiger partial charge is 0.476 e. The standard InChI is InChI=1S/C10H10F5Si/c11-10(12,13)9-5-1-3-8(7-9)4-2-6-16(14)15/h1,3,5,7H,2,4,6H2. The van der Waals surface area contributed by atoms with E-state index in [1.807, 2.05) is 0 Å². The summed E-state index contributed by atoms with van der Waals surface area (Å²) >= 11 is 0. The number of hydrogen-bond acceptors (Lipinski definition) is 0. The Labute approximate surface area is 92.0 Å². The van der Waals surface area contributed by atoms with Crippen molar-refractivity contribution >= 4 is 9.46 Å². The van der Waals surface area contributed by atoms with Crippen LogP contribution in [-0.2, 0) is 12.6 Å². The van der Waals surface area contributed by atoms with Gasteiger partial charge in [-0.15, -0.1) is 0 Å². The Kier molecular flexibility index (Phi) is 4.46. The Hall–Kier alpha value is -0.913. The van der Waals surface area contributed by atoms with Crippen molar-refractivity contribution in [2.45, 2.75) is 25.1 Å². The lowest BCUT2D eigenvalue weighted by Gasteiger charge is -2.08. The van der Waals surface area contributed by atoms with Crippen LogP contribution in [0.25, 0.3) is 0 Å². The first kappa shape index (κ1) is 13.2. The summed E-state index contributed by atoms with van der Waals surface area (Å²) in [5.74, 6) is 0. The molecule has 0 nitrogen and oxygen atoms in total. The summed E-state index contributed by atoms with van der Waals surface area (Å²) in [5, 5.41) is 0. The van der Waals surface area contributed by atoms with Crippen molar-refractivity contribution in [3.63, 3.8) is 0 Å². The summed E-state index contributed by atoms with van der Waals surface area (Å²) in [6.45, 7) is 0. The first-order valence-corrected chi connectivity index (χ1v) is 6.19. The van der Waals surface area contributed by atoms with Crippen LogP contribution in [-0.4, -0.2) is 9.46 Å². The summed E-state index contributed by atoms with van der Waals surface area (Å²) in [4.78, 5) is 0. The molecule has 0 spiro atoms. The van der Waals surface area contributed by atoms with Gasteiger partial charge in [0, 0.05) is 6.04 Å². The molecule has 0 atom stereocenters. The Balaban J connectivity index is 2.61. The van der Waals surface area contributed by atoms with Crippen LogP contribution in [0.2, 0.25) is 6.04 Å². The molecule has 89 valence electrons. The van der Waals surface area contributed by atoms with Crippen LogP contribution in [0.3, 0.4) is 0 Å². The fourth-order valence-corrected chi connectivity index (χ4v) is 1.77. The van der Waals surface area contributed by atoms with Crippen LogP contribution in [0, 0.1) is 0 Å². The first-order chi connectivity index (χ1) is 7.39. The molecule has 0 aromatic heterocycles. The van der Waals surface area contributed by atoms with Crippen LogP contribution < -0.4 is 0 Å². The molecule has 0 bridgehead atoms. The number of benzene rings is 1. The molecule has 0 saturated heterocycles. The van der Waals surface area contributed by atoms with Crippen molar-refractivity contribution in [3.05, 3.63) is 35.4 Å². The Morgan fingerprint density at radius 3 is 2.38 bits per heavy atom. The van der Waals surface area contributed by atoms with E-state index in [9.17, 15) is 21.4 Å². The summed E-state index contributed by atoms with van der Waals surface area (Å²) in [6, 6.07) is 4.64. The predicted octanol–water partition coefficient (Wildman–Crippen LogP) is 4.07. The van der Waals surface area contributed by atoms with Gasteiger partial charge in [0.05, 0.1) is 5.56 Å². The van der Waals surface area contributed by atoms with Gasteiger partial charge in [0.1, 0.15) is 0 Å². The number of halogens is 5. The molecule has 6 heteroatoms. The molecular weight excluding hydrogens is 243 g/mol. The molecular formula is C10H10F5Si. The van der Waals surface area contributed by atoms with E-state index in [0.717, 1.165) is 12.1 Å². The molecule has 0 saturated carbocycles. The highest BCUT2D eigenvalue weighted by atomic mass is 28.4. The fourth-order valence-electron chi connectivity index (χ4n) is 1.33. The fraction of sp³-hybridized carbons (Fsp3) is 0.400. The van der Waals surface area contributed by atoms with E-state index >= 15 is 0 Å². The normalized spacial score (nSPS) is 12.1. The van der Waals surface area contributed by atoms with Crippen molar-refractivity contribution in [2.75, 3.05) is 0 Å². The summed E-state index contributed by atoms with van der Waals surface area (Å²) in [7, 11) is -3.26. The molecule has 16 heavy (non-hydrogen) atoms. The molecule has 0 heterocycles. The minimum absolute atomic E-state index is 0.180. The summed E-state index contributed by atoms with van der Waals surface area (Å²) in [5.41, 5.74) is -0.269. The van der Waals surface area contributed by atoms with Crippen molar-refractivity contribution < 1.29 is 21.4 Å². The van der Waals surface area contributed by atoms with Crippen LogP contribution >= 0.6 is 0 Å². The van der Waals surface area contributed by atoms with Gasteiger partial charge in [0.2, 0.25) is 0 Å². The monoisotopic (exact) mass is 253 g/mol. The Bertz CT molecular complexity index is 334. The van der Waals surface area contributed by atoms with Crippen molar-refractivity contribution in [2.24, 2.45) is 0 Å². The van der Waals surface area contributed by atoms with E-state index < -0.39 is 21.2 Å². The molecule has 1 aromatic rings. The van der Waals surface area contributed by atoms with Crippen LogP contribution in [0.5, 0.6) is 0 Å². The molecule has 0 fully saturated rings. The van der Waals surface area contributed by atoms with Gasteiger partial charge in [-0.25, -0.2) is 0 Å². The summed E-state index contributed by atoms with van der Waals surface area (Å²) in [6.07, 6.45) is -3.86. The van der Waals surface area contributed by atoms with Gasteiger partial charge in [0.25, 0.3) is 0 Å². The van der Waals surface area contributed by atoms with Crippen LogP contribution in [0.4, 0.5) is 21.4 Å². The lowest BCUT2D eigenvalue weighted by molar-refractivity contribution is -0.137. The topological polar surface area (TPSA) is 0 Å². The zero-order valence-corrected chi connectivity index (χ0v) is 9.32. The van der Waals surface area contributed by atoms with Gasteiger partial charge >= 0.3 is 15.6 Å². The molecule has 0 aliphatic carbocycles. The highest BCUT2D eigenvalue weighted by Gasteiger charge is 2.30. The molecule has 0 amide bonds. The van der Waals surface area contributed by atoms with E-state index in [1.165, 1.54) is 12.1 Å². The lowest BCUT2D eigenvalue weighted by Crippen LogP contribution is -2.05. The molecule has 0 N–H and O–H groups in total. The zero-order chi connectivity index (χ0) is 12.2. The zero-order valence-electron chi connectivity index (χ0n) is 8.32. The van der Waals surface area contributed by atoms with Gasteiger partial charge in [-0.2, -0.15) is 13.2 Å². The van der Waals surface area contributed by atoms with E-state index in [0.29, 0.717) is 5.56 Å². The molecule has 0 aliphatic rings. The minimum atomic E-state index is -4.37. The molecule has 0 aliphatic heterocycles. The van der Waals surface area contributed by atoms with E-state index in [1.54, 1.807) is 0 Å². The van der Waals surface area contributed by atoms with E-state index in [-0.39, 0.29) is 18.9 Å². The molecule has 0 unspecified atom stereocenters. The van der Waals surface area contributed by atoms with Crippen LogP contribution in [0.15, 0.2) is 24.3 Å². The second-order valence-corrected chi connectivity index (χ2v) is 4.57. The average Bonchev–Trinajstić information content (AvgIpc) is 2.16. The lowest BCUT2D eigenvalue weighted by atomic mass is 10.1. The number of alkyl halides is 3. The highest BCUT2D eigenvalue weighted by Crippen LogP contribution is 2.29. The maximum atomic E-state index is 12.3. The first-order valence-electron chi connectivity index (χ1n) is 4.72. The van der Waals surface area contributed by atoms with Crippen molar-refractivity contribution in [3.8, 4) is 0 Å². The van der Waals surface area contributed by atoms with Gasteiger partial charge < -0.3 is 0 Å². The van der Waals surface area contributed by atoms with Gasteiger partial charge in [-0.3, -0.25) is 8.22 Å². The predicted molar refractivity (Wildman–Crippen MR) is 52.5 cm³/mol. The summed E-state index contributed by atoms with van der Waals surface area (Å²) < 4.78 is 60.8. The average molecular weight is 253 g/mol. The highest BCUT2D eigenvalue weighted by molar-refractivity contribution is 6.42. The van der Waals surface area contributed by atoms with E-state index in [2.05, 4.69) is 0 Å². The second kappa shape index (κ2) is 5.43. The number of hydrogen-bond donors (Lipinski definition) is 0. The quantitative estimate of drug-likeness (QED) is 0.431. The molecule has 1 aromatic carbocycles. The van der Waals surface area contributed by atoms with Crippen molar-refractivity contribution in [1.82, 2.24) is 0 Å². The van der Waals surface area contributed by atoms with E-state index in [4.69, 9.17) is 0 Å². The van der Waals surface area contributed by atoms with Crippen molar-refractivity contribution in [1.29, 1.82) is 0 Å². The van der Waals surface area contributed by atoms with Crippen LogP contribution in [0.1, 0.15) is 17.5 Å². The van der Waals surface area contributed by atoms with Gasteiger partial charge in [-0.05, 0) is 24.5 Å². The Morgan fingerprint density at radius 1 is 1.12 bits per heavy atom. The van der Waals surface area contributed by atoms with Gasteiger partial charge in [0.15, 0.2) is 0 Å². The smallest absolute Gasteiger partial charge is 0.268 e. The third-order valence-corrected chi connectivity index (χ3v) is 2.82. The maximum absolute atomic E-state index is 12.3. The third-order valence-electron chi connectivity index (χ3n) is 2.09. The second-order valence-electron chi connectivity index (χ2n) is 3.39. The minimum Gasteiger partial charge on any atom is -0.268 e. The third kappa shape index (κ3) is 4.30. The number of rotatable bonds is 4. The Morgan fingerprint density at radius 2 is 1.81 bits per heavy atom. The SMILES string of the molecule is F[Si](F)CCCc1cccc(C(F)(F)F)c1. The number of aryl methyl sites for hydroxylation is 1. The molecule has 1 radical (unpaired) electrons. The maximum Gasteiger partial charge on any atom is 0.476 e. The molecule has 1 rings (SSSR count). The van der Waals surface area contributed by atoms with Gasteiger partial charge in [-0.1, -0.05) is 18.2 Å².